The van der Waals surface area contributed by atoms with Crippen molar-refractivity contribution in [2.75, 3.05) is 13.1 Å². The first-order valence-electron chi connectivity index (χ1n) is 6.49. The fourth-order valence-corrected chi connectivity index (χ4v) is 2.62. The number of likely N-dealkylation sites (tertiary alicyclic amines) is 1. The predicted molar refractivity (Wildman–Crippen MR) is 69.7 cm³/mol. The maximum atomic E-state index is 11.0. The third kappa shape index (κ3) is 3.67. The minimum Gasteiger partial charge on any atom is -0.303 e. The number of hydrogen-bond donors (Lipinski definition) is 0. The topological polar surface area (TPSA) is 20.3 Å². The highest BCUT2D eigenvalue weighted by atomic mass is 16.1. The van der Waals surface area contributed by atoms with Gasteiger partial charge < -0.3 is 4.79 Å². The first kappa shape index (κ1) is 12.3. The molecular weight excluding hydrogens is 210 g/mol. The second-order valence-electron chi connectivity index (χ2n) is 5.25. The van der Waals surface area contributed by atoms with Crippen LogP contribution < -0.4 is 0 Å². The quantitative estimate of drug-likeness (QED) is 0.745. The van der Waals surface area contributed by atoms with Gasteiger partial charge in [0.2, 0.25) is 0 Å². The molecule has 2 rings (SSSR count). The molecule has 0 saturated carbocycles. The van der Waals surface area contributed by atoms with Crippen LogP contribution in [0, 0.1) is 11.8 Å². The van der Waals surface area contributed by atoms with Crippen molar-refractivity contribution in [1.29, 1.82) is 0 Å². The van der Waals surface area contributed by atoms with E-state index in [0.717, 1.165) is 32.3 Å². The summed E-state index contributed by atoms with van der Waals surface area (Å²) in [5, 5.41) is 0. The van der Waals surface area contributed by atoms with E-state index in [1.165, 1.54) is 12.0 Å². The molecule has 17 heavy (non-hydrogen) atoms. The van der Waals surface area contributed by atoms with E-state index in [2.05, 4.69) is 36.1 Å². The highest BCUT2D eigenvalue weighted by Gasteiger charge is 2.21. The SMILES string of the molecule is CC1CCN(Cc2ccccc2)CC(C=O)C1. The van der Waals surface area contributed by atoms with Crippen LogP contribution in [0.1, 0.15) is 25.3 Å². The molecule has 0 bridgehead atoms. The van der Waals surface area contributed by atoms with E-state index in [1.807, 2.05) is 6.07 Å². The molecule has 0 radical (unpaired) electrons. The number of carbonyl (C=O) groups excluding carboxylic acids is 1. The van der Waals surface area contributed by atoms with Gasteiger partial charge in [-0.25, -0.2) is 0 Å². The van der Waals surface area contributed by atoms with Crippen LogP contribution in [0.25, 0.3) is 0 Å². The molecule has 0 aromatic heterocycles. The number of rotatable bonds is 3. The second kappa shape index (κ2) is 5.97. The van der Waals surface area contributed by atoms with Gasteiger partial charge in [0.05, 0.1) is 0 Å². The molecule has 0 aliphatic carbocycles. The molecule has 2 unspecified atom stereocenters. The summed E-state index contributed by atoms with van der Waals surface area (Å²) in [5.41, 5.74) is 1.34. The Labute approximate surface area is 104 Å². The molecule has 2 nitrogen and oxygen atoms in total. The summed E-state index contributed by atoms with van der Waals surface area (Å²) in [6.45, 7) is 5.25. The van der Waals surface area contributed by atoms with E-state index in [0.29, 0.717) is 5.92 Å². The van der Waals surface area contributed by atoms with Gasteiger partial charge in [-0.3, -0.25) is 4.90 Å². The Morgan fingerprint density at radius 1 is 1.35 bits per heavy atom. The van der Waals surface area contributed by atoms with Crippen LogP contribution in [0.4, 0.5) is 0 Å². The van der Waals surface area contributed by atoms with Gasteiger partial charge in [-0.05, 0) is 30.9 Å². The predicted octanol–water partition coefficient (Wildman–Crippen LogP) is 2.73. The number of aldehydes is 1. The summed E-state index contributed by atoms with van der Waals surface area (Å²) in [6.07, 6.45) is 3.39. The fourth-order valence-electron chi connectivity index (χ4n) is 2.62. The average Bonchev–Trinajstić information content (AvgIpc) is 2.53. The molecule has 1 aliphatic rings. The van der Waals surface area contributed by atoms with E-state index >= 15 is 0 Å². The Hall–Kier alpha value is -1.15. The highest BCUT2D eigenvalue weighted by Crippen LogP contribution is 2.21. The minimum absolute atomic E-state index is 0.219. The van der Waals surface area contributed by atoms with Crippen molar-refractivity contribution in [2.24, 2.45) is 11.8 Å². The number of hydrogen-bond acceptors (Lipinski definition) is 2. The zero-order valence-electron chi connectivity index (χ0n) is 10.5. The van der Waals surface area contributed by atoms with Gasteiger partial charge in [0, 0.05) is 19.0 Å². The summed E-state index contributed by atoms with van der Waals surface area (Å²) in [7, 11) is 0. The first-order valence-corrected chi connectivity index (χ1v) is 6.49. The van der Waals surface area contributed by atoms with Crippen LogP contribution in [0.5, 0.6) is 0 Å². The van der Waals surface area contributed by atoms with Crippen molar-refractivity contribution in [3.63, 3.8) is 0 Å². The second-order valence-corrected chi connectivity index (χ2v) is 5.25. The van der Waals surface area contributed by atoms with Gasteiger partial charge in [-0.1, -0.05) is 37.3 Å². The first-order chi connectivity index (χ1) is 8.28. The number of benzene rings is 1. The lowest BCUT2D eigenvalue weighted by Crippen LogP contribution is -2.28. The van der Waals surface area contributed by atoms with Crippen molar-refractivity contribution < 1.29 is 4.79 Å². The summed E-state index contributed by atoms with van der Waals surface area (Å²) < 4.78 is 0. The maximum Gasteiger partial charge on any atom is 0.124 e. The van der Waals surface area contributed by atoms with Gasteiger partial charge in [0.15, 0.2) is 0 Å². The minimum atomic E-state index is 0.219. The number of nitrogens with zero attached hydrogens (tertiary/aromatic N) is 1. The molecule has 2 heteroatoms. The molecular formula is C15H21NO. The van der Waals surface area contributed by atoms with Crippen LogP contribution in [0.15, 0.2) is 30.3 Å². The molecule has 92 valence electrons. The lowest BCUT2D eigenvalue weighted by atomic mass is 9.96. The van der Waals surface area contributed by atoms with E-state index < -0.39 is 0 Å². The van der Waals surface area contributed by atoms with Gasteiger partial charge in [0.25, 0.3) is 0 Å². The Balaban J connectivity index is 1.98. The Kier molecular flexibility index (Phi) is 4.32. The van der Waals surface area contributed by atoms with E-state index in [1.54, 1.807) is 0 Å². The molecule has 0 spiro atoms. The Bertz CT molecular complexity index is 349. The van der Waals surface area contributed by atoms with Gasteiger partial charge in [0.1, 0.15) is 6.29 Å². The largest absolute Gasteiger partial charge is 0.303 e. The molecule has 1 heterocycles. The van der Waals surface area contributed by atoms with Gasteiger partial charge >= 0.3 is 0 Å². The van der Waals surface area contributed by atoms with Crippen LogP contribution >= 0.6 is 0 Å². The van der Waals surface area contributed by atoms with Crippen molar-refractivity contribution in [3.05, 3.63) is 35.9 Å². The lowest BCUT2D eigenvalue weighted by molar-refractivity contribution is -0.111. The highest BCUT2D eigenvalue weighted by molar-refractivity contribution is 5.53. The standard InChI is InChI=1S/C15H21NO/c1-13-7-8-16(11-15(9-13)12-17)10-14-5-3-2-4-6-14/h2-6,12-13,15H,7-11H2,1H3. The van der Waals surface area contributed by atoms with Crippen LogP contribution in [0.2, 0.25) is 0 Å². The van der Waals surface area contributed by atoms with E-state index in [-0.39, 0.29) is 5.92 Å². The van der Waals surface area contributed by atoms with Crippen molar-refractivity contribution >= 4 is 6.29 Å². The molecule has 0 N–H and O–H groups in total. The zero-order chi connectivity index (χ0) is 12.1. The maximum absolute atomic E-state index is 11.0. The molecule has 1 saturated heterocycles. The monoisotopic (exact) mass is 231 g/mol. The average molecular weight is 231 g/mol. The molecule has 0 amide bonds. The smallest absolute Gasteiger partial charge is 0.124 e. The van der Waals surface area contributed by atoms with Gasteiger partial charge in [-0.2, -0.15) is 0 Å². The molecule has 2 atom stereocenters. The lowest BCUT2D eigenvalue weighted by Gasteiger charge is -2.21. The van der Waals surface area contributed by atoms with Crippen molar-refractivity contribution in [1.82, 2.24) is 4.90 Å². The summed E-state index contributed by atoms with van der Waals surface area (Å²) in [4.78, 5) is 13.4. The van der Waals surface area contributed by atoms with Crippen LogP contribution in [-0.2, 0) is 11.3 Å². The normalized spacial score (nSPS) is 26.4. The molecule has 1 aromatic carbocycles. The summed E-state index contributed by atoms with van der Waals surface area (Å²) in [5.74, 6) is 0.891. The summed E-state index contributed by atoms with van der Waals surface area (Å²) >= 11 is 0. The Morgan fingerprint density at radius 3 is 2.82 bits per heavy atom. The van der Waals surface area contributed by atoms with Crippen LogP contribution in [-0.4, -0.2) is 24.3 Å². The van der Waals surface area contributed by atoms with Gasteiger partial charge in [-0.15, -0.1) is 0 Å². The summed E-state index contributed by atoms with van der Waals surface area (Å²) in [6, 6.07) is 10.5. The fraction of sp³-hybridized carbons (Fsp3) is 0.533. The Morgan fingerprint density at radius 2 is 2.12 bits per heavy atom. The number of carbonyl (C=O) groups is 1. The van der Waals surface area contributed by atoms with E-state index in [9.17, 15) is 4.79 Å². The van der Waals surface area contributed by atoms with Crippen molar-refractivity contribution in [2.45, 2.75) is 26.3 Å². The third-order valence-electron chi connectivity index (χ3n) is 3.58. The molecule has 1 aromatic rings. The van der Waals surface area contributed by atoms with E-state index in [4.69, 9.17) is 0 Å². The van der Waals surface area contributed by atoms with Crippen LogP contribution in [0.3, 0.4) is 0 Å². The zero-order valence-corrected chi connectivity index (χ0v) is 10.5. The van der Waals surface area contributed by atoms with Crippen molar-refractivity contribution in [3.8, 4) is 0 Å². The molecule has 1 aliphatic heterocycles. The third-order valence-corrected chi connectivity index (χ3v) is 3.58. The molecule has 1 fully saturated rings.